The van der Waals surface area contributed by atoms with Crippen molar-refractivity contribution in [3.05, 3.63) is 72.1 Å². The van der Waals surface area contributed by atoms with E-state index in [1.807, 2.05) is 36.4 Å². The van der Waals surface area contributed by atoms with Crippen molar-refractivity contribution in [1.82, 2.24) is 41.9 Å². The summed E-state index contributed by atoms with van der Waals surface area (Å²) in [6.07, 6.45) is 2.76. The SMILES string of the molecule is CC[C@H](C)[C@H](NC(=O)[C@H](CCCN=C(N)N)NC(=O)[C@H](CO)NC(=O)[C@@H](N)CC(=O)O)C(=O)N[C@@H](Cc1c[nH]c2ccccc12)C(=O)N[C@@H](Cc1c[nH]c2ccccc12)C(=O)N[C@@H](C)C(=O)O. The van der Waals surface area contributed by atoms with Crippen LogP contribution in [0.1, 0.15) is 57.6 Å². The molecule has 362 valence electrons. The third-order valence-corrected chi connectivity index (χ3v) is 11.1. The number of aromatic amines is 2. The fourth-order valence-electron chi connectivity index (χ4n) is 7.12. The molecule has 0 unspecified atom stereocenters. The monoisotopic (exact) mass is 932 g/mol. The molecular weight excluding hydrogens is 873 g/mol. The summed E-state index contributed by atoms with van der Waals surface area (Å²) in [7, 11) is 0. The van der Waals surface area contributed by atoms with Crippen molar-refractivity contribution in [1.29, 1.82) is 0 Å². The van der Waals surface area contributed by atoms with E-state index in [1.54, 1.807) is 38.4 Å². The number of nitrogens with one attached hydrogen (secondary N) is 8. The molecule has 0 spiro atoms. The molecule has 6 amide bonds. The summed E-state index contributed by atoms with van der Waals surface area (Å²) in [6, 6.07) is 4.53. The number of benzene rings is 2. The Labute approximate surface area is 384 Å². The average Bonchev–Trinajstić information content (AvgIpc) is 3.90. The molecule has 8 atom stereocenters. The Balaban J connectivity index is 1.65. The summed E-state index contributed by atoms with van der Waals surface area (Å²) in [5, 5.41) is 45.3. The van der Waals surface area contributed by atoms with E-state index in [4.69, 9.17) is 22.3 Å². The summed E-state index contributed by atoms with van der Waals surface area (Å²) in [4.78, 5) is 116. The van der Waals surface area contributed by atoms with Crippen LogP contribution in [-0.2, 0) is 51.2 Å². The second-order valence-electron chi connectivity index (χ2n) is 16.1. The van der Waals surface area contributed by atoms with Crippen LogP contribution in [0.2, 0.25) is 0 Å². The highest BCUT2D eigenvalue weighted by Gasteiger charge is 2.35. The number of carboxylic acids is 2. The number of H-pyrrole nitrogens is 2. The van der Waals surface area contributed by atoms with E-state index in [1.165, 1.54) is 6.92 Å². The zero-order chi connectivity index (χ0) is 49.4. The number of carboxylic acid groups (broad SMARTS) is 2. The molecule has 23 nitrogen and oxygen atoms in total. The maximum Gasteiger partial charge on any atom is 0.325 e. The highest BCUT2D eigenvalue weighted by Crippen LogP contribution is 2.22. The van der Waals surface area contributed by atoms with Gasteiger partial charge in [-0.05, 0) is 48.9 Å². The molecule has 0 saturated heterocycles. The average molecular weight is 933 g/mol. The van der Waals surface area contributed by atoms with E-state index in [2.05, 4.69) is 46.9 Å². The molecule has 2 aromatic heterocycles. The molecule has 0 aliphatic carbocycles. The second kappa shape index (κ2) is 24.7. The number of aromatic nitrogens is 2. The molecule has 0 fully saturated rings. The van der Waals surface area contributed by atoms with Gasteiger partial charge in [-0.2, -0.15) is 0 Å². The minimum atomic E-state index is -1.66. The van der Waals surface area contributed by atoms with Crippen LogP contribution in [0, 0.1) is 5.92 Å². The molecule has 0 bridgehead atoms. The Morgan fingerprint density at radius 1 is 0.657 bits per heavy atom. The van der Waals surface area contributed by atoms with Gasteiger partial charge in [-0.25, -0.2) is 0 Å². The number of nitrogens with two attached hydrogens (primary N) is 3. The van der Waals surface area contributed by atoms with Gasteiger partial charge in [0.1, 0.15) is 36.3 Å². The van der Waals surface area contributed by atoms with Crippen LogP contribution in [0.25, 0.3) is 21.8 Å². The summed E-state index contributed by atoms with van der Waals surface area (Å²) in [6.45, 7) is 3.78. The summed E-state index contributed by atoms with van der Waals surface area (Å²) in [5.74, 6) is -8.87. The number of aliphatic imine (C=N–C) groups is 1. The second-order valence-corrected chi connectivity index (χ2v) is 16.1. The number of nitrogens with zero attached hydrogens (tertiary/aromatic N) is 1. The van der Waals surface area contributed by atoms with Crippen LogP contribution in [0.5, 0.6) is 0 Å². The summed E-state index contributed by atoms with van der Waals surface area (Å²) in [5.41, 5.74) is 19.3. The topological polar surface area (TPSA) is 391 Å². The quantitative estimate of drug-likeness (QED) is 0.0191. The van der Waals surface area contributed by atoms with Gasteiger partial charge >= 0.3 is 11.9 Å². The van der Waals surface area contributed by atoms with Gasteiger partial charge < -0.3 is 74.4 Å². The minimum Gasteiger partial charge on any atom is -0.481 e. The number of para-hydroxylation sites is 2. The maximum absolute atomic E-state index is 14.5. The molecular formula is C44H60N12O11. The van der Waals surface area contributed by atoms with Gasteiger partial charge in [0.2, 0.25) is 35.4 Å². The number of amides is 6. The van der Waals surface area contributed by atoms with E-state index in [-0.39, 0.29) is 38.2 Å². The Hall–Kier alpha value is -7.53. The number of aliphatic carboxylic acids is 2. The molecule has 4 aromatic rings. The zero-order valence-corrected chi connectivity index (χ0v) is 37.3. The van der Waals surface area contributed by atoms with Crippen molar-refractivity contribution in [3.8, 4) is 0 Å². The molecule has 4 rings (SSSR count). The number of aliphatic hydroxyl groups is 1. The minimum absolute atomic E-state index is 0.0284. The summed E-state index contributed by atoms with van der Waals surface area (Å²) >= 11 is 0. The molecule has 67 heavy (non-hydrogen) atoms. The lowest BCUT2D eigenvalue weighted by Crippen LogP contribution is -2.61. The molecule has 0 aliphatic rings. The molecule has 0 saturated carbocycles. The number of rotatable bonds is 26. The molecule has 23 heteroatoms. The number of guanidine groups is 1. The number of carbonyl (C=O) groups excluding carboxylic acids is 6. The van der Waals surface area contributed by atoms with Gasteiger partial charge in [0.25, 0.3) is 0 Å². The van der Waals surface area contributed by atoms with E-state index >= 15 is 0 Å². The van der Waals surface area contributed by atoms with Crippen LogP contribution in [0.4, 0.5) is 0 Å². The Morgan fingerprint density at radius 2 is 1.13 bits per heavy atom. The number of hydrogen-bond acceptors (Lipinski definition) is 11. The number of hydrogen-bond donors (Lipinski definition) is 14. The van der Waals surface area contributed by atoms with Gasteiger partial charge in [0.05, 0.1) is 19.1 Å². The molecule has 2 heterocycles. The lowest BCUT2D eigenvalue weighted by atomic mass is 9.96. The zero-order valence-electron chi connectivity index (χ0n) is 37.3. The van der Waals surface area contributed by atoms with Crippen LogP contribution >= 0.6 is 0 Å². The molecule has 0 aliphatic heterocycles. The molecule has 2 aromatic carbocycles. The van der Waals surface area contributed by atoms with E-state index in [9.17, 15) is 48.6 Å². The summed E-state index contributed by atoms with van der Waals surface area (Å²) < 4.78 is 0. The highest BCUT2D eigenvalue weighted by molar-refractivity contribution is 5.98. The van der Waals surface area contributed by atoms with Crippen molar-refractivity contribution in [2.75, 3.05) is 13.2 Å². The van der Waals surface area contributed by atoms with Crippen molar-refractivity contribution in [2.24, 2.45) is 28.1 Å². The Bertz CT molecular complexity index is 2430. The van der Waals surface area contributed by atoms with Crippen LogP contribution in [0.15, 0.2) is 65.9 Å². The first kappa shape index (κ1) is 52.1. The van der Waals surface area contributed by atoms with Gasteiger partial charge in [0.15, 0.2) is 5.96 Å². The largest absolute Gasteiger partial charge is 0.481 e. The number of carbonyl (C=O) groups is 8. The van der Waals surface area contributed by atoms with Gasteiger partial charge in [-0.3, -0.25) is 43.3 Å². The Kier molecular flexibility index (Phi) is 19.2. The predicted octanol–water partition coefficient (Wildman–Crippen LogP) is -1.66. The van der Waals surface area contributed by atoms with Gasteiger partial charge in [0, 0.05) is 53.6 Å². The van der Waals surface area contributed by atoms with E-state index < -0.39 is 109 Å². The predicted molar refractivity (Wildman–Crippen MR) is 246 cm³/mol. The number of fused-ring (bicyclic) bond motifs is 2. The first-order valence-corrected chi connectivity index (χ1v) is 21.6. The van der Waals surface area contributed by atoms with Crippen LogP contribution in [0.3, 0.4) is 0 Å². The maximum atomic E-state index is 14.5. The van der Waals surface area contributed by atoms with Crippen molar-refractivity contribution < 1.29 is 53.7 Å². The normalized spacial score (nSPS) is 14.8. The third kappa shape index (κ3) is 15.0. The highest BCUT2D eigenvalue weighted by atomic mass is 16.4. The molecule has 0 radical (unpaired) electrons. The fourth-order valence-corrected chi connectivity index (χ4v) is 7.12. The van der Waals surface area contributed by atoms with E-state index in [0.29, 0.717) is 17.5 Å². The Morgan fingerprint density at radius 3 is 1.64 bits per heavy atom. The van der Waals surface area contributed by atoms with Gasteiger partial charge in [-0.1, -0.05) is 56.7 Å². The van der Waals surface area contributed by atoms with Crippen molar-refractivity contribution >= 4 is 75.1 Å². The first-order chi connectivity index (χ1) is 31.8. The number of aliphatic hydroxyl groups excluding tert-OH is 1. The van der Waals surface area contributed by atoms with Crippen molar-refractivity contribution in [3.63, 3.8) is 0 Å². The lowest BCUT2D eigenvalue weighted by Gasteiger charge is -2.29. The van der Waals surface area contributed by atoms with Crippen molar-refractivity contribution in [2.45, 2.75) is 102 Å². The van der Waals surface area contributed by atoms with E-state index in [0.717, 1.165) is 21.8 Å². The third-order valence-electron chi connectivity index (χ3n) is 11.1. The smallest absolute Gasteiger partial charge is 0.325 e. The molecule has 17 N–H and O–H groups in total. The lowest BCUT2D eigenvalue weighted by molar-refractivity contribution is -0.142. The van der Waals surface area contributed by atoms with Crippen LogP contribution < -0.4 is 49.1 Å². The fraction of sp³-hybridized carbons (Fsp3) is 0.432. The first-order valence-electron chi connectivity index (χ1n) is 21.6. The standard InChI is InChI=1S/C44H60N12O11/c1-4-22(2)36(56-38(61)31(14-9-15-48-44(46)47)52-41(64)34(21-57)55-37(60)28(45)18-35(58)59)42(65)54-33(17-25-20-50-30-13-8-6-11-27(25)30)40(63)53-32(39(62)51-23(3)43(66)67)16-24-19-49-29-12-7-5-10-26(24)29/h5-8,10-13,19-20,22-23,28,31-34,36,49-50,57H,4,9,14-18,21,45H2,1-3H3,(H,51,62)(H,52,64)(H,53,63)(H,54,65)(H,55,60)(H,56,61)(H,58,59)(H,66,67)(H4,46,47,48)/t22-,23-,28-,31-,32-,33-,34-,36-/m0/s1. The van der Waals surface area contributed by atoms with Crippen LogP contribution in [-0.4, -0.2) is 134 Å². The van der Waals surface area contributed by atoms with Gasteiger partial charge in [-0.15, -0.1) is 0 Å².